The fraction of sp³-hybridized carbons (Fsp3) is 0.278. The van der Waals surface area contributed by atoms with E-state index in [2.05, 4.69) is 26.8 Å². The van der Waals surface area contributed by atoms with Gasteiger partial charge in [0.25, 0.3) is 5.91 Å². The van der Waals surface area contributed by atoms with Crippen LogP contribution in [0.3, 0.4) is 0 Å². The van der Waals surface area contributed by atoms with Crippen molar-refractivity contribution in [3.05, 3.63) is 58.0 Å². The van der Waals surface area contributed by atoms with Gasteiger partial charge in [0.1, 0.15) is 5.82 Å². The number of benzene rings is 1. The van der Waals surface area contributed by atoms with Crippen LogP contribution in [0.5, 0.6) is 0 Å². The zero-order valence-electron chi connectivity index (χ0n) is 14.0. The normalized spacial score (nSPS) is 12.1. The monoisotopic (exact) mass is 340 g/mol. The van der Waals surface area contributed by atoms with E-state index in [1.165, 1.54) is 4.88 Å². The maximum Gasteiger partial charge on any atom is 0.251 e. The summed E-state index contributed by atoms with van der Waals surface area (Å²) in [4.78, 5) is 18.2. The Morgan fingerprint density at radius 2 is 2.17 bits per heavy atom. The Balaban J connectivity index is 1.73. The molecule has 5 nitrogen and oxygen atoms in total. The molecule has 0 saturated carbocycles. The van der Waals surface area contributed by atoms with Crippen molar-refractivity contribution in [2.45, 2.75) is 26.3 Å². The van der Waals surface area contributed by atoms with Gasteiger partial charge in [-0.05, 0) is 37.4 Å². The van der Waals surface area contributed by atoms with E-state index < -0.39 is 0 Å². The minimum Gasteiger partial charge on any atom is -0.349 e. The van der Waals surface area contributed by atoms with Gasteiger partial charge >= 0.3 is 0 Å². The van der Waals surface area contributed by atoms with Gasteiger partial charge < -0.3 is 5.32 Å². The molecule has 124 valence electrons. The van der Waals surface area contributed by atoms with Crippen molar-refractivity contribution < 1.29 is 4.79 Å². The van der Waals surface area contributed by atoms with Crippen molar-refractivity contribution in [2.75, 3.05) is 0 Å². The van der Waals surface area contributed by atoms with E-state index in [1.54, 1.807) is 16.0 Å². The average molecular weight is 340 g/mol. The molecule has 3 rings (SSSR count). The number of carbonyl (C=O) groups excluding carboxylic acids is 1. The molecule has 1 N–H and O–H groups in total. The van der Waals surface area contributed by atoms with Crippen LogP contribution in [0.25, 0.3) is 11.4 Å². The van der Waals surface area contributed by atoms with Crippen molar-refractivity contribution in [1.82, 2.24) is 20.1 Å². The van der Waals surface area contributed by atoms with Gasteiger partial charge in [0.05, 0.1) is 0 Å². The molecule has 1 amide bonds. The van der Waals surface area contributed by atoms with E-state index in [-0.39, 0.29) is 11.9 Å². The third-order valence-electron chi connectivity index (χ3n) is 3.72. The smallest absolute Gasteiger partial charge is 0.251 e. The Morgan fingerprint density at radius 3 is 2.83 bits per heavy atom. The zero-order valence-corrected chi connectivity index (χ0v) is 14.8. The van der Waals surface area contributed by atoms with Crippen LogP contribution in [-0.2, 0) is 13.5 Å². The molecule has 3 aromatic rings. The van der Waals surface area contributed by atoms with Crippen LogP contribution in [0.1, 0.15) is 28.0 Å². The lowest BCUT2D eigenvalue weighted by Gasteiger charge is -2.13. The van der Waals surface area contributed by atoms with Crippen LogP contribution in [0.2, 0.25) is 0 Å². The highest BCUT2D eigenvalue weighted by molar-refractivity contribution is 7.09. The lowest BCUT2D eigenvalue weighted by atomic mass is 10.1. The Bertz CT molecular complexity index is 839. The van der Waals surface area contributed by atoms with Crippen LogP contribution < -0.4 is 5.32 Å². The third kappa shape index (κ3) is 3.71. The first-order chi connectivity index (χ1) is 11.5. The lowest BCUT2D eigenvalue weighted by Crippen LogP contribution is -2.33. The summed E-state index contributed by atoms with van der Waals surface area (Å²) in [6.45, 7) is 3.87. The Hall–Kier alpha value is -2.47. The summed E-state index contributed by atoms with van der Waals surface area (Å²) in [5, 5.41) is 9.37. The highest BCUT2D eigenvalue weighted by atomic mass is 32.1. The molecular formula is C18H20N4OS. The molecule has 24 heavy (non-hydrogen) atoms. The van der Waals surface area contributed by atoms with Gasteiger partial charge in [-0.1, -0.05) is 18.2 Å². The first-order valence-corrected chi connectivity index (χ1v) is 8.72. The number of aromatic nitrogens is 3. The largest absolute Gasteiger partial charge is 0.349 e. The maximum absolute atomic E-state index is 12.5. The molecule has 0 bridgehead atoms. The second kappa shape index (κ2) is 6.97. The second-order valence-electron chi connectivity index (χ2n) is 5.85. The minimum absolute atomic E-state index is 0.0696. The first kappa shape index (κ1) is 16.4. The number of hydrogen-bond donors (Lipinski definition) is 1. The van der Waals surface area contributed by atoms with Crippen molar-refractivity contribution in [2.24, 2.45) is 7.05 Å². The molecule has 6 heteroatoms. The molecule has 1 aromatic carbocycles. The molecular weight excluding hydrogens is 320 g/mol. The van der Waals surface area contributed by atoms with Crippen LogP contribution in [0, 0.1) is 6.92 Å². The molecule has 0 saturated heterocycles. The quantitative estimate of drug-likeness (QED) is 0.776. The number of hydrogen-bond acceptors (Lipinski definition) is 4. The number of aryl methyl sites for hydroxylation is 2. The van der Waals surface area contributed by atoms with Crippen molar-refractivity contribution in [3.63, 3.8) is 0 Å². The number of carbonyl (C=O) groups is 1. The summed E-state index contributed by atoms with van der Waals surface area (Å²) < 4.78 is 1.73. The first-order valence-electron chi connectivity index (χ1n) is 7.84. The summed E-state index contributed by atoms with van der Waals surface area (Å²) in [7, 11) is 1.85. The minimum atomic E-state index is -0.0696. The molecule has 1 atom stereocenters. The van der Waals surface area contributed by atoms with E-state index in [0.717, 1.165) is 17.8 Å². The van der Waals surface area contributed by atoms with E-state index in [1.807, 2.05) is 51.2 Å². The summed E-state index contributed by atoms with van der Waals surface area (Å²) in [5.74, 6) is 1.40. The molecule has 0 aliphatic carbocycles. The van der Waals surface area contributed by atoms with Crippen molar-refractivity contribution in [3.8, 4) is 11.4 Å². The van der Waals surface area contributed by atoms with Crippen LogP contribution >= 0.6 is 11.3 Å². The topological polar surface area (TPSA) is 59.8 Å². The van der Waals surface area contributed by atoms with E-state index in [0.29, 0.717) is 11.4 Å². The second-order valence-corrected chi connectivity index (χ2v) is 6.88. The third-order valence-corrected chi connectivity index (χ3v) is 4.62. The fourth-order valence-electron chi connectivity index (χ4n) is 2.65. The number of amides is 1. The molecule has 2 heterocycles. The Morgan fingerprint density at radius 1 is 1.33 bits per heavy atom. The van der Waals surface area contributed by atoms with Gasteiger partial charge in [-0.2, -0.15) is 5.10 Å². The number of thiophene rings is 1. The van der Waals surface area contributed by atoms with Gasteiger partial charge in [0.15, 0.2) is 5.82 Å². The molecule has 0 fully saturated rings. The predicted octanol–water partition coefficient (Wildman–Crippen LogP) is 3.21. The van der Waals surface area contributed by atoms with E-state index in [9.17, 15) is 4.79 Å². The summed E-state index contributed by atoms with van der Waals surface area (Å²) in [6.07, 6.45) is 0.839. The zero-order chi connectivity index (χ0) is 17.1. The molecule has 2 aromatic heterocycles. The van der Waals surface area contributed by atoms with Gasteiger partial charge in [-0.25, -0.2) is 9.67 Å². The van der Waals surface area contributed by atoms with Crippen LogP contribution in [0.4, 0.5) is 0 Å². The highest BCUT2D eigenvalue weighted by Crippen LogP contribution is 2.18. The van der Waals surface area contributed by atoms with Gasteiger partial charge in [0, 0.05) is 35.5 Å². The Labute approximate surface area is 145 Å². The summed E-state index contributed by atoms with van der Waals surface area (Å²) in [6, 6.07) is 11.7. The average Bonchev–Trinajstić information content (AvgIpc) is 3.16. The highest BCUT2D eigenvalue weighted by Gasteiger charge is 2.13. The molecule has 0 aliphatic rings. The predicted molar refractivity (Wildman–Crippen MR) is 96.1 cm³/mol. The standard InChI is InChI=1S/C18H20N4OS/c1-12(10-16-8-5-9-24-16)19-18(23)15-7-4-6-14(11-15)17-20-13(2)21-22(17)3/h4-9,11-12H,10H2,1-3H3,(H,19,23)/t12-/m1/s1. The van der Waals surface area contributed by atoms with Crippen molar-refractivity contribution in [1.29, 1.82) is 0 Å². The molecule has 0 unspecified atom stereocenters. The van der Waals surface area contributed by atoms with Crippen LogP contribution in [0.15, 0.2) is 41.8 Å². The molecule has 0 aliphatic heterocycles. The van der Waals surface area contributed by atoms with Gasteiger partial charge in [0.2, 0.25) is 0 Å². The fourth-order valence-corrected chi connectivity index (χ4v) is 3.49. The van der Waals surface area contributed by atoms with Gasteiger partial charge in [-0.3, -0.25) is 4.79 Å². The lowest BCUT2D eigenvalue weighted by molar-refractivity contribution is 0.0940. The summed E-state index contributed by atoms with van der Waals surface area (Å²) >= 11 is 1.71. The van der Waals surface area contributed by atoms with Gasteiger partial charge in [-0.15, -0.1) is 11.3 Å². The number of nitrogens with one attached hydrogen (secondary N) is 1. The molecule has 0 spiro atoms. The SMILES string of the molecule is Cc1nc(-c2cccc(C(=O)N[C@H](C)Cc3cccs3)c2)n(C)n1. The van der Waals surface area contributed by atoms with Crippen LogP contribution in [-0.4, -0.2) is 26.7 Å². The number of nitrogens with zero attached hydrogens (tertiary/aromatic N) is 3. The summed E-state index contributed by atoms with van der Waals surface area (Å²) in [5.41, 5.74) is 1.52. The van der Waals surface area contributed by atoms with E-state index in [4.69, 9.17) is 0 Å². The van der Waals surface area contributed by atoms with Crippen molar-refractivity contribution >= 4 is 17.2 Å². The molecule has 0 radical (unpaired) electrons. The number of rotatable bonds is 5. The van der Waals surface area contributed by atoms with E-state index >= 15 is 0 Å². The maximum atomic E-state index is 12.5. The Kier molecular flexibility index (Phi) is 4.76.